The normalized spacial score (nSPS) is 13.0. The van der Waals surface area contributed by atoms with Crippen LogP contribution >= 0.6 is 0 Å². The minimum atomic E-state index is 0.605. The lowest BCUT2D eigenvalue weighted by Crippen LogP contribution is -2.25. The Morgan fingerprint density at radius 3 is 2.93 bits per heavy atom. The number of aryl methyl sites for hydroxylation is 2. The molecule has 0 aliphatic carbocycles. The largest absolute Gasteiger partial charge is 0.315 e. The lowest BCUT2D eigenvalue weighted by molar-refractivity contribution is 0.501. The molecule has 1 aromatic rings. The fourth-order valence-corrected chi connectivity index (χ4v) is 1.76. The molecule has 0 aliphatic rings. The summed E-state index contributed by atoms with van der Waals surface area (Å²) in [6.45, 7) is 8.43. The van der Waals surface area contributed by atoms with Crippen LogP contribution in [-0.4, -0.2) is 27.4 Å². The lowest BCUT2D eigenvalue weighted by Gasteiger charge is -2.11. The third-order valence-corrected chi connectivity index (χ3v) is 2.59. The monoisotopic (exact) mass is 210 g/mol. The van der Waals surface area contributed by atoms with E-state index in [2.05, 4.69) is 36.2 Å². The van der Waals surface area contributed by atoms with Crippen molar-refractivity contribution in [1.29, 1.82) is 0 Å². The van der Waals surface area contributed by atoms with Crippen LogP contribution in [0.4, 0.5) is 0 Å². The second-order valence-electron chi connectivity index (χ2n) is 3.84. The summed E-state index contributed by atoms with van der Waals surface area (Å²) in [4.78, 5) is 4.26. The highest BCUT2D eigenvalue weighted by Crippen LogP contribution is 2.03. The van der Waals surface area contributed by atoms with E-state index in [-0.39, 0.29) is 0 Å². The molecule has 4 heteroatoms. The standard InChI is InChI=1S/C11H22N4/c1-4-12-10(3)7-6-8-11-13-9-14-15(11)5-2/h9-10,12H,4-8H2,1-3H3. The molecule has 0 spiro atoms. The average Bonchev–Trinajstić information content (AvgIpc) is 2.66. The van der Waals surface area contributed by atoms with Gasteiger partial charge in [-0.25, -0.2) is 4.98 Å². The number of nitrogens with zero attached hydrogens (tertiary/aromatic N) is 3. The van der Waals surface area contributed by atoms with Gasteiger partial charge in [-0.05, 0) is 33.2 Å². The van der Waals surface area contributed by atoms with Gasteiger partial charge < -0.3 is 5.32 Å². The van der Waals surface area contributed by atoms with Crippen LogP contribution in [-0.2, 0) is 13.0 Å². The van der Waals surface area contributed by atoms with E-state index in [4.69, 9.17) is 0 Å². The van der Waals surface area contributed by atoms with Gasteiger partial charge in [0.1, 0.15) is 12.2 Å². The maximum absolute atomic E-state index is 4.26. The summed E-state index contributed by atoms with van der Waals surface area (Å²) in [5.74, 6) is 1.11. The molecule has 0 aromatic carbocycles. The SMILES string of the molecule is CCNC(C)CCCc1ncnn1CC. The van der Waals surface area contributed by atoms with Gasteiger partial charge in [-0.1, -0.05) is 6.92 Å². The van der Waals surface area contributed by atoms with Gasteiger partial charge in [0.05, 0.1) is 0 Å². The molecule has 0 amide bonds. The first-order chi connectivity index (χ1) is 7.27. The van der Waals surface area contributed by atoms with Crippen LogP contribution in [0.2, 0.25) is 0 Å². The van der Waals surface area contributed by atoms with Gasteiger partial charge in [-0.3, -0.25) is 4.68 Å². The lowest BCUT2D eigenvalue weighted by atomic mass is 10.1. The number of rotatable bonds is 7. The zero-order valence-corrected chi connectivity index (χ0v) is 10.0. The van der Waals surface area contributed by atoms with E-state index in [9.17, 15) is 0 Å². The van der Waals surface area contributed by atoms with E-state index in [1.165, 1.54) is 12.8 Å². The van der Waals surface area contributed by atoms with Crippen molar-refractivity contribution >= 4 is 0 Å². The maximum Gasteiger partial charge on any atom is 0.138 e. The Labute approximate surface area is 92.1 Å². The van der Waals surface area contributed by atoms with E-state index in [1.807, 2.05) is 4.68 Å². The Balaban J connectivity index is 2.25. The van der Waals surface area contributed by atoms with Gasteiger partial charge in [0.2, 0.25) is 0 Å². The van der Waals surface area contributed by atoms with Crippen LogP contribution in [0.25, 0.3) is 0 Å². The molecule has 1 N–H and O–H groups in total. The zero-order chi connectivity index (χ0) is 11.1. The first-order valence-electron chi connectivity index (χ1n) is 5.88. The number of nitrogens with one attached hydrogen (secondary N) is 1. The summed E-state index contributed by atoms with van der Waals surface area (Å²) in [5, 5.41) is 7.57. The Hall–Kier alpha value is -0.900. The Morgan fingerprint density at radius 1 is 1.47 bits per heavy atom. The second-order valence-corrected chi connectivity index (χ2v) is 3.84. The average molecular weight is 210 g/mol. The first-order valence-corrected chi connectivity index (χ1v) is 5.88. The summed E-state index contributed by atoms with van der Waals surface area (Å²) in [6.07, 6.45) is 5.05. The highest BCUT2D eigenvalue weighted by Gasteiger charge is 2.04. The Kier molecular flexibility index (Phi) is 5.32. The molecule has 4 nitrogen and oxygen atoms in total. The first kappa shape index (κ1) is 12.2. The molecule has 0 saturated carbocycles. The van der Waals surface area contributed by atoms with Gasteiger partial charge in [0.15, 0.2) is 0 Å². The van der Waals surface area contributed by atoms with Crippen molar-refractivity contribution in [3.8, 4) is 0 Å². The van der Waals surface area contributed by atoms with Crippen LogP contribution in [0, 0.1) is 0 Å². The number of aromatic nitrogens is 3. The Morgan fingerprint density at radius 2 is 2.27 bits per heavy atom. The quantitative estimate of drug-likeness (QED) is 0.743. The molecular formula is C11H22N4. The van der Waals surface area contributed by atoms with E-state index in [1.54, 1.807) is 6.33 Å². The Bertz CT molecular complexity index is 269. The van der Waals surface area contributed by atoms with Gasteiger partial charge in [-0.2, -0.15) is 5.10 Å². The third kappa shape index (κ3) is 4.00. The van der Waals surface area contributed by atoms with Crippen molar-refractivity contribution < 1.29 is 0 Å². The molecule has 0 radical (unpaired) electrons. The summed E-state index contributed by atoms with van der Waals surface area (Å²) in [5.41, 5.74) is 0. The minimum Gasteiger partial charge on any atom is -0.315 e. The van der Waals surface area contributed by atoms with E-state index < -0.39 is 0 Å². The molecule has 1 heterocycles. The smallest absolute Gasteiger partial charge is 0.138 e. The summed E-state index contributed by atoms with van der Waals surface area (Å²) in [7, 11) is 0. The van der Waals surface area contributed by atoms with Gasteiger partial charge in [0, 0.05) is 19.0 Å². The van der Waals surface area contributed by atoms with Crippen LogP contribution < -0.4 is 5.32 Å². The van der Waals surface area contributed by atoms with Crippen LogP contribution in [0.3, 0.4) is 0 Å². The minimum absolute atomic E-state index is 0.605. The summed E-state index contributed by atoms with van der Waals surface area (Å²) in [6, 6.07) is 0.605. The molecule has 1 atom stereocenters. The van der Waals surface area contributed by atoms with Crippen molar-refractivity contribution in [2.24, 2.45) is 0 Å². The van der Waals surface area contributed by atoms with Gasteiger partial charge in [0.25, 0.3) is 0 Å². The number of hydrogen-bond acceptors (Lipinski definition) is 3. The molecule has 1 unspecified atom stereocenters. The molecule has 0 aliphatic heterocycles. The van der Waals surface area contributed by atoms with Gasteiger partial charge >= 0.3 is 0 Å². The van der Waals surface area contributed by atoms with Crippen molar-refractivity contribution in [1.82, 2.24) is 20.1 Å². The number of hydrogen-bond donors (Lipinski definition) is 1. The predicted molar refractivity (Wildman–Crippen MR) is 61.8 cm³/mol. The summed E-state index contributed by atoms with van der Waals surface area (Å²) < 4.78 is 1.97. The molecular weight excluding hydrogens is 188 g/mol. The fraction of sp³-hybridized carbons (Fsp3) is 0.818. The van der Waals surface area contributed by atoms with Crippen LogP contribution in [0.1, 0.15) is 39.4 Å². The maximum atomic E-state index is 4.26. The molecule has 1 rings (SSSR count). The topological polar surface area (TPSA) is 42.7 Å². The van der Waals surface area contributed by atoms with E-state index >= 15 is 0 Å². The molecule has 0 saturated heterocycles. The molecule has 0 fully saturated rings. The van der Waals surface area contributed by atoms with E-state index in [0.717, 1.165) is 25.3 Å². The van der Waals surface area contributed by atoms with E-state index in [0.29, 0.717) is 6.04 Å². The molecule has 1 aromatic heterocycles. The van der Waals surface area contributed by atoms with Gasteiger partial charge in [-0.15, -0.1) is 0 Å². The van der Waals surface area contributed by atoms with Crippen molar-refractivity contribution in [3.05, 3.63) is 12.2 Å². The van der Waals surface area contributed by atoms with Crippen LogP contribution in [0.15, 0.2) is 6.33 Å². The molecule has 86 valence electrons. The van der Waals surface area contributed by atoms with Crippen molar-refractivity contribution in [2.45, 2.75) is 52.6 Å². The zero-order valence-electron chi connectivity index (χ0n) is 10.0. The fourth-order valence-electron chi connectivity index (χ4n) is 1.76. The second kappa shape index (κ2) is 6.56. The molecule has 0 bridgehead atoms. The summed E-state index contributed by atoms with van der Waals surface area (Å²) >= 11 is 0. The third-order valence-electron chi connectivity index (χ3n) is 2.59. The molecule has 15 heavy (non-hydrogen) atoms. The highest BCUT2D eigenvalue weighted by molar-refractivity contribution is 4.84. The van der Waals surface area contributed by atoms with Crippen molar-refractivity contribution in [3.63, 3.8) is 0 Å². The van der Waals surface area contributed by atoms with Crippen LogP contribution in [0.5, 0.6) is 0 Å². The highest BCUT2D eigenvalue weighted by atomic mass is 15.3. The van der Waals surface area contributed by atoms with Crippen molar-refractivity contribution in [2.75, 3.05) is 6.54 Å². The predicted octanol–water partition coefficient (Wildman–Crippen LogP) is 1.62.